The summed E-state index contributed by atoms with van der Waals surface area (Å²) in [7, 11) is 2.84. The van der Waals surface area contributed by atoms with Crippen molar-refractivity contribution in [3.05, 3.63) is 29.6 Å². The van der Waals surface area contributed by atoms with Crippen LogP contribution in [0.15, 0.2) is 18.3 Å². The number of aliphatic hydroxyl groups is 1. The first-order chi connectivity index (χ1) is 9.25. The second-order valence-electron chi connectivity index (χ2n) is 4.22. The van der Waals surface area contributed by atoms with E-state index in [4.69, 9.17) is 4.74 Å². The molecule has 5 nitrogen and oxygen atoms in total. The maximum Gasteiger partial charge on any atom is 0.433 e. The van der Waals surface area contributed by atoms with Crippen LogP contribution < -0.4 is 0 Å². The summed E-state index contributed by atoms with van der Waals surface area (Å²) in [6.45, 7) is 0.0660. The van der Waals surface area contributed by atoms with Gasteiger partial charge < -0.3 is 14.7 Å². The number of aliphatic hydroxyl groups excluding tert-OH is 1. The van der Waals surface area contributed by atoms with Crippen LogP contribution >= 0.6 is 0 Å². The van der Waals surface area contributed by atoms with Crippen molar-refractivity contribution in [3.8, 4) is 0 Å². The van der Waals surface area contributed by atoms with E-state index in [9.17, 15) is 23.1 Å². The minimum atomic E-state index is -4.54. The van der Waals surface area contributed by atoms with Gasteiger partial charge >= 0.3 is 6.18 Å². The molecule has 8 heteroatoms. The number of methoxy groups -OCH3 is 1. The number of pyridine rings is 1. The quantitative estimate of drug-likeness (QED) is 0.885. The Bertz CT molecular complexity index is 448. The van der Waals surface area contributed by atoms with E-state index in [1.165, 1.54) is 19.1 Å². The number of halogens is 3. The third-order valence-electron chi connectivity index (χ3n) is 2.49. The van der Waals surface area contributed by atoms with Gasteiger partial charge in [0.05, 0.1) is 18.3 Å². The molecule has 0 aromatic carbocycles. The minimum absolute atomic E-state index is 0.00763. The molecular weight excluding hydrogens is 277 g/mol. The second-order valence-corrected chi connectivity index (χ2v) is 4.22. The van der Waals surface area contributed by atoms with Gasteiger partial charge in [-0.2, -0.15) is 13.2 Å². The molecule has 1 heterocycles. The maximum absolute atomic E-state index is 12.3. The van der Waals surface area contributed by atoms with Gasteiger partial charge in [0, 0.05) is 26.9 Å². The van der Waals surface area contributed by atoms with Crippen LogP contribution in [-0.2, 0) is 10.9 Å². The molecule has 0 aliphatic rings. The Kier molecular flexibility index (Phi) is 5.46. The van der Waals surface area contributed by atoms with Gasteiger partial charge in [0.1, 0.15) is 5.69 Å². The van der Waals surface area contributed by atoms with Crippen molar-refractivity contribution in [1.82, 2.24) is 9.88 Å². The van der Waals surface area contributed by atoms with Crippen LogP contribution in [0.2, 0.25) is 0 Å². The van der Waals surface area contributed by atoms with Crippen molar-refractivity contribution in [2.24, 2.45) is 0 Å². The van der Waals surface area contributed by atoms with Gasteiger partial charge in [-0.3, -0.25) is 9.78 Å². The van der Waals surface area contributed by atoms with Crippen molar-refractivity contribution < 1.29 is 27.8 Å². The zero-order chi connectivity index (χ0) is 15.3. The van der Waals surface area contributed by atoms with Gasteiger partial charge in [-0.25, -0.2) is 0 Å². The van der Waals surface area contributed by atoms with Crippen LogP contribution in [-0.4, -0.2) is 54.3 Å². The summed E-state index contributed by atoms with van der Waals surface area (Å²) in [4.78, 5) is 16.3. The highest BCUT2D eigenvalue weighted by Crippen LogP contribution is 2.27. The lowest BCUT2D eigenvalue weighted by atomic mass is 10.2. The Morgan fingerprint density at radius 3 is 2.60 bits per heavy atom. The monoisotopic (exact) mass is 292 g/mol. The molecule has 1 rings (SSSR count). The molecule has 1 unspecified atom stereocenters. The normalized spacial score (nSPS) is 13.1. The minimum Gasteiger partial charge on any atom is -0.389 e. The van der Waals surface area contributed by atoms with Crippen LogP contribution in [0, 0.1) is 0 Å². The maximum atomic E-state index is 12.3. The number of ether oxygens (including phenoxy) is 1. The van der Waals surface area contributed by atoms with Gasteiger partial charge in [0.2, 0.25) is 0 Å². The second kappa shape index (κ2) is 6.67. The number of rotatable bonds is 5. The number of alkyl halides is 3. The summed E-state index contributed by atoms with van der Waals surface area (Å²) < 4.78 is 41.7. The predicted octanol–water partition coefficient (Wildman–Crippen LogP) is 1.18. The van der Waals surface area contributed by atoms with E-state index in [-0.39, 0.29) is 18.7 Å². The van der Waals surface area contributed by atoms with Crippen molar-refractivity contribution in [2.75, 3.05) is 27.3 Å². The number of carbonyl (C=O) groups is 1. The summed E-state index contributed by atoms with van der Waals surface area (Å²) in [6.07, 6.45) is -4.54. The summed E-state index contributed by atoms with van der Waals surface area (Å²) >= 11 is 0. The molecule has 1 aromatic heterocycles. The fourth-order valence-electron chi connectivity index (χ4n) is 1.55. The first-order valence-electron chi connectivity index (χ1n) is 5.71. The Morgan fingerprint density at radius 2 is 2.15 bits per heavy atom. The van der Waals surface area contributed by atoms with E-state index < -0.39 is 23.9 Å². The number of hydrogen-bond donors (Lipinski definition) is 1. The molecule has 20 heavy (non-hydrogen) atoms. The molecule has 0 spiro atoms. The number of aromatic nitrogens is 1. The summed E-state index contributed by atoms with van der Waals surface area (Å²) in [5.74, 6) is -0.527. The smallest absolute Gasteiger partial charge is 0.389 e. The lowest BCUT2D eigenvalue weighted by Gasteiger charge is -2.20. The van der Waals surface area contributed by atoms with Crippen molar-refractivity contribution in [3.63, 3.8) is 0 Å². The van der Waals surface area contributed by atoms with Crippen LogP contribution in [0.5, 0.6) is 0 Å². The predicted molar refractivity (Wildman–Crippen MR) is 64.1 cm³/mol. The first-order valence-corrected chi connectivity index (χ1v) is 5.71. The third kappa shape index (κ3) is 4.46. The number of likely N-dealkylation sites (N-methyl/N-ethyl adjacent to an activating group) is 1. The molecule has 1 amide bonds. The lowest BCUT2D eigenvalue weighted by molar-refractivity contribution is -0.141. The average molecular weight is 292 g/mol. The Balaban J connectivity index is 2.72. The van der Waals surface area contributed by atoms with Crippen molar-refractivity contribution in [2.45, 2.75) is 12.3 Å². The fourth-order valence-corrected chi connectivity index (χ4v) is 1.55. The SMILES string of the molecule is COCC(O)CN(C)C(=O)c1ccc(C(F)(F)F)nc1. The van der Waals surface area contributed by atoms with Crippen LogP contribution in [0.25, 0.3) is 0 Å². The zero-order valence-corrected chi connectivity index (χ0v) is 11.0. The summed E-state index contributed by atoms with van der Waals surface area (Å²) in [5, 5.41) is 9.48. The molecule has 0 fully saturated rings. The van der Waals surface area contributed by atoms with E-state index in [2.05, 4.69) is 4.98 Å². The highest BCUT2D eigenvalue weighted by Gasteiger charge is 2.32. The molecule has 0 bridgehead atoms. The van der Waals surface area contributed by atoms with Gasteiger partial charge in [-0.15, -0.1) is 0 Å². The molecule has 1 atom stereocenters. The van der Waals surface area contributed by atoms with Crippen LogP contribution in [0.4, 0.5) is 13.2 Å². The van der Waals surface area contributed by atoms with E-state index in [0.717, 1.165) is 18.3 Å². The third-order valence-corrected chi connectivity index (χ3v) is 2.49. The number of carbonyl (C=O) groups excluding carboxylic acids is 1. The average Bonchev–Trinajstić information content (AvgIpc) is 2.37. The van der Waals surface area contributed by atoms with Gasteiger partial charge in [-0.05, 0) is 12.1 Å². The van der Waals surface area contributed by atoms with Crippen LogP contribution in [0.1, 0.15) is 16.1 Å². The molecule has 0 radical (unpaired) electrons. The van der Waals surface area contributed by atoms with Crippen molar-refractivity contribution in [1.29, 1.82) is 0 Å². The molecule has 1 N–H and O–H groups in total. The molecule has 0 aliphatic carbocycles. The number of amides is 1. The lowest BCUT2D eigenvalue weighted by Crippen LogP contribution is -2.36. The Morgan fingerprint density at radius 1 is 1.50 bits per heavy atom. The summed E-state index contributed by atoms with van der Waals surface area (Å²) in [5.41, 5.74) is -1.04. The fraction of sp³-hybridized carbons (Fsp3) is 0.500. The van der Waals surface area contributed by atoms with E-state index in [0.29, 0.717) is 0 Å². The van der Waals surface area contributed by atoms with Gasteiger partial charge in [0.15, 0.2) is 0 Å². The highest BCUT2D eigenvalue weighted by molar-refractivity contribution is 5.93. The van der Waals surface area contributed by atoms with E-state index >= 15 is 0 Å². The van der Waals surface area contributed by atoms with E-state index in [1.54, 1.807) is 0 Å². The number of hydrogen-bond acceptors (Lipinski definition) is 4. The van der Waals surface area contributed by atoms with Crippen LogP contribution in [0.3, 0.4) is 0 Å². The van der Waals surface area contributed by atoms with Gasteiger partial charge in [-0.1, -0.05) is 0 Å². The molecule has 1 aromatic rings. The Labute approximate surface area is 114 Å². The number of nitrogens with zero attached hydrogens (tertiary/aromatic N) is 2. The molecular formula is C12H15F3N2O3. The highest BCUT2D eigenvalue weighted by atomic mass is 19.4. The largest absolute Gasteiger partial charge is 0.433 e. The topological polar surface area (TPSA) is 62.7 Å². The molecule has 0 saturated heterocycles. The molecule has 0 saturated carbocycles. The summed E-state index contributed by atoms with van der Waals surface area (Å²) in [6, 6.07) is 1.80. The van der Waals surface area contributed by atoms with Gasteiger partial charge in [0.25, 0.3) is 5.91 Å². The molecule has 0 aliphatic heterocycles. The Hall–Kier alpha value is -1.67. The zero-order valence-electron chi connectivity index (χ0n) is 11.0. The standard InChI is InChI=1S/C12H15F3N2O3/c1-17(6-9(18)7-20-2)11(19)8-3-4-10(16-5-8)12(13,14)15/h3-5,9,18H,6-7H2,1-2H3. The first kappa shape index (κ1) is 16.4. The molecule has 112 valence electrons. The van der Waals surface area contributed by atoms with Crippen molar-refractivity contribution >= 4 is 5.91 Å². The van der Waals surface area contributed by atoms with E-state index in [1.807, 2.05) is 0 Å².